The lowest BCUT2D eigenvalue weighted by atomic mass is 10.1. The number of benzene rings is 2. The lowest BCUT2D eigenvalue weighted by molar-refractivity contribution is 0.272. The standard InChI is InChI=1S/C24H25N5S/c1-3-7-19(8-4-1)11-12-22-26-27-23-13-14-28(15-16-29(22)23)18-21-17-25-24(30-21)20-9-5-2-6-10-20/h1-10,17H,11-16,18H2. The fourth-order valence-electron chi connectivity index (χ4n) is 3.99. The third-order valence-electron chi connectivity index (χ3n) is 5.63. The van der Waals surface area contributed by atoms with E-state index in [1.807, 2.05) is 12.3 Å². The highest BCUT2D eigenvalue weighted by atomic mass is 32.1. The molecule has 5 nitrogen and oxygen atoms in total. The van der Waals surface area contributed by atoms with E-state index >= 15 is 0 Å². The van der Waals surface area contributed by atoms with Crippen molar-refractivity contribution in [1.29, 1.82) is 0 Å². The summed E-state index contributed by atoms with van der Waals surface area (Å²) in [5.41, 5.74) is 2.54. The number of hydrogen-bond acceptors (Lipinski definition) is 5. The molecule has 2 aromatic carbocycles. The summed E-state index contributed by atoms with van der Waals surface area (Å²) in [5, 5.41) is 10.1. The summed E-state index contributed by atoms with van der Waals surface area (Å²) in [6.07, 6.45) is 4.92. The van der Waals surface area contributed by atoms with E-state index < -0.39 is 0 Å². The molecule has 0 bridgehead atoms. The fourth-order valence-corrected chi connectivity index (χ4v) is 4.95. The average Bonchev–Trinajstić information content (AvgIpc) is 3.37. The van der Waals surface area contributed by atoms with Crippen LogP contribution in [-0.2, 0) is 32.4 Å². The quantitative estimate of drug-likeness (QED) is 0.472. The fraction of sp³-hybridized carbons (Fsp3) is 0.292. The highest BCUT2D eigenvalue weighted by Gasteiger charge is 2.19. The summed E-state index contributed by atoms with van der Waals surface area (Å²) in [6.45, 7) is 3.93. The Labute approximate surface area is 181 Å². The Hall–Kier alpha value is -2.83. The van der Waals surface area contributed by atoms with E-state index in [-0.39, 0.29) is 0 Å². The Balaban J connectivity index is 1.21. The van der Waals surface area contributed by atoms with E-state index in [0.717, 1.165) is 62.1 Å². The zero-order chi connectivity index (χ0) is 20.2. The van der Waals surface area contributed by atoms with Crippen molar-refractivity contribution < 1.29 is 0 Å². The molecule has 0 amide bonds. The Bertz CT molecular complexity index is 1090. The van der Waals surface area contributed by atoms with Crippen LogP contribution in [0.5, 0.6) is 0 Å². The van der Waals surface area contributed by atoms with Crippen molar-refractivity contribution in [2.45, 2.75) is 32.4 Å². The van der Waals surface area contributed by atoms with E-state index in [4.69, 9.17) is 0 Å². The van der Waals surface area contributed by atoms with Crippen LogP contribution in [0.2, 0.25) is 0 Å². The van der Waals surface area contributed by atoms with Gasteiger partial charge in [0, 0.05) is 55.7 Å². The van der Waals surface area contributed by atoms with Crippen LogP contribution in [0.15, 0.2) is 66.9 Å². The summed E-state index contributed by atoms with van der Waals surface area (Å²) in [5.74, 6) is 2.23. The third kappa shape index (κ3) is 4.35. The molecule has 2 aromatic heterocycles. The van der Waals surface area contributed by atoms with Crippen LogP contribution in [0.3, 0.4) is 0 Å². The van der Waals surface area contributed by atoms with Gasteiger partial charge in [0.05, 0.1) is 0 Å². The molecular formula is C24H25N5S. The zero-order valence-corrected chi connectivity index (χ0v) is 17.8. The van der Waals surface area contributed by atoms with Gasteiger partial charge < -0.3 is 4.57 Å². The van der Waals surface area contributed by atoms with Crippen molar-refractivity contribution >= 4 is 11.3 Å². The van der Waals surface area contributed by atoms with Crippen molar-refractivity contribution in [2.75, 3.05) is 13.1 Å². The second kappa shape index (κ2) is 8.90. The Kier molecular flexibility index (Phi) is 5.68. The number of aryl methyl sites for hydroxylation is 2. The summed E-state index contributed by atoms with van der Waals surface area (Å²) in [4.78, 5) is 8.46. The van der Waals surface area contributed by atoms with Crippen LogP contribution in [-0.4, -0.2) is 37.7 Å². The average molecular weight is 416 g/mol. The predicted molar refractivity (Wildman–Crippen MR) is 120 cm³/mol. The van der Waals surface area contributed by atoms with Crippen molar-refractivity contribution in [3.05, 3.63) is 88.9 Å². The van der Waals surface area contributed by atoms with Crippen molar-refractivity contribution in [3.8, 4) is 10.6 Å². The van der Waals surface area contributed by atoms with E-state index in [1.54, 1.807) is 11.3 Å². The van der Waals surface area contributed by atoms with Crippen molar-refractivity contribution in [3.63, 3.8) is 0 Å². The molecule has 0 N–H and O–H groups in total. The Morgan fingerprint density at radius 3 is 2.47 bits per heavy atom. The lowest BCUT2D eigenvalue weighted by Gasteiger charge is -2.18. The largest absolute Gasteiger partial charge is 0.314 e. The summed E-state index contributed by atoms with van der Waals surface area (Å²) < 4.78 is 2.34. The molecule has 0 aliphatic carbocycles. The second-order valence-corrected chi connectivity index (χ2v) is 8.81. The van der Waals surface area contributed by atoms with Gasteiger partial charge in [-0.25, -0.2) is 4.98 Å². The molecule has 0 saturated carbocycles. The molecule has 30 heavy (non-hydrogen) atoms. The number of rotatable bonds is 6. The molecule has 0 saturated heterocycles. The molecule has 0 atom stereocenters. The molecule has 0 radical (unpaired) electrons. The first-order valence-electron chi connectivity index (χ1n) is 10.5. The van der Waals surface area contributed by atoms with Crippen LogP contribution < -0.4 is 0 Å². The van der Waals surface area contributed by atoms with Crippen LogP contribution in [0, 0.1) is 0 Å². The van der Waals surface area contributed by atoms with Gasteiger partial charge in [-0.15, -0.1) is 21.5 Å². The summed E-state index contributed by atoms with van der Waals surface area (Å²) in [7, 11) is 0. The van der Waals surface area contributed by atoms with Gasteiger partial charge in [-0.1, -0.05) is 60.7 Å². The van der Waals surface area contributed by atoms with E-state index in [2.05, 4.69) is 79.2 Å². The topological polar surface area (TPSA) is 46.8 Å². The summed E-state index contributed by atoms with van der Waals surface area (Å²) >= 11 is 1.79. The van der Waals surface area contributed by atoms with E-state index in [0.29, 0.717) is 0 Å². The zero-order valence-electron chi connectivity index (χ0n) is 16.9. The molecular weight excluding hydrogens is 390 g/mol. The molecule has 0 unspecified atom stereocenters. The predicted octanol–water partition coefficient (Wildman–Crippen LogP) is 4.25. The van der Waals surface area contributed by atoms with Crippen LogP contribution >= 0.6 is 11.3 Å². The molecule has 6 heteroatoms. The number of thiazole rings is 1. The van der Waals surface area contributed by atoms with Gasteiger partial charge in [0.25, 0.3) is 0 Å². The monoisotopic (exact) mass is 415 g/mol. The molecule has 1 aliphatic rings. The van der Waals surface area contributed by atoms with Crippen molar-refractivity contribution in [2.24, 2.45) is 0 Å². The normalized spacial score (nSPS) is 14.4. The molecule has 3 heterocycles. The van der Waals surface area contributed by atoms with Crippen LogP contribution in [0.25, 0.3) is 10.6 Å². The number of fused-ring (bicyclic) bond motifs is 1. The van der Waals surface area contributed by atoms with Gasteiger partial charge in [0.15, 0.2) is 0 Å². The van der Waals surface area contributed by atoms with E-state index in [9.17, 15) is 0 Å². The minimum atomic E-state index is 0.937. The minimum absolute atomic E-state index is 0.937. The number of nitrogens with zero attached hydrogens (tertiary/aromatic N) is 5. The highest BCUT2D eigenvalue weighted by Crippen LogP contribution is 2.26. The van der Waals surface area contributed by atoms with Gasteiger partial charge in [-0.3, -0.25) is 4.90 Å². The molecule has 0 fully saturated rings. The maximum atomic E-state index is 4.64. The first kappa shape index (κ1) is 19.2. The lowest BCUT2D eigenvalue weighted by Crippen LogP contribution is -2.26. The molecule has 1 aliphatic heterocycles. The third-order valence-corrected chi connectivity index (χ3v) is 6.66. The van der Waals surface area contributed by atoms with Gasteiger partial charge in [0.1, 0.15) is 16.7 Å². The van der Waals surface area contributed by atoms with Crippen LogP contribution in [0.4, 0.5) is 0 Å². The molecule has 4 aromatic rings. The highest BCUT2D eigenvalue weighted by molar-refractivity contribution is 7.15. The molecule has 0 spiro atoms. The van der Waals surface area contributed by atoms with Crippen LogP contribution in [0.1, 0.15) is 22.1 Å². The van der Waals surface area contributed by atoms with Crippen molar-refractivity contribution in [1.82, 2.24) is 24.6 Å². The first-order chi connectivity index (χ1) is 14.8. The van der Waals surface area contributed by atoms with Gasteiger partial charge in [-0.2, -0.15) is 0 Å². The molecule has 152 valence electrons. The minimum Gasteiger partial charge on any atom is -0.314 e. The van der Waals surface area contributed by atoms with E-state index in [1.165, 1.54) is 16.0 Å². The summed E-state index contributed by atoms with van der Waals surface area (Å²) in [6, 6.07) is 21.0. The molecule has 5 rings (SSSR count). The van der Waals surface area contributed by atoms with Gasteiger partial charge in [-0.05, 0) is 12.0 Å². The number of aromatic nitrogens is 4. The SMILES string of the molecule is c1ccc(CCc2nnc3n2CCN(Cc2cnc(-c4ccccc4)s2)CC3)cc1. The maximum Gasteiger partial charge on any atom is 0.134 e. The number of hydrogen-bond donors (Lipinski definition) is 0. The van der Waals surface area contributed by atoms with Gasteiger partial charge in [0.2, 0.25) is 0 Å². The second-order valence-electron chi connectivity index (χ2n) is 7.69. The first-order valence-corrected chi connectivity index (χ1v) is 11.3. The Morgan fingerprint density at radius 2 is 1.63 bits per heavy atom. The smallest absolute Gasteiger partial charge is 0.134 e. The maximum absolute atomic E-state index is 4.64. The van der Waals surface area contributed by atoms with Gasteiger partial charge >= 0.3 is 0 Å². The Morgan fingerprint density at radius 1 is 0.833 bits per heavy atom.